The van der Waals surface area contributed by atoms with Crippen molar-refractivity contribution in [3.8, 4) is 0 Å². The molecule has 0 aliphatic heterocycles. The number of likely N-dealkylation sites (N-methyl/N-ethyl adjacent to an activating group) is 2. The zero-order valence-corrected chi connectivity index (χ0v) is 16.8. The van der Waals surface area contributed by atoms with E-state index in [4.69, 9.17) is 9.47 Å². The van der Waals surface area contributed by atoms with Crippen molar-refractivity contribution in [3.05, 3.63) is 0 Å². The van der Waals surface area contributed by atoms with Crippen LogP contribution in [0.2, 0.25) is 0 Å². The van der Waals surface area contributed by atoms with Crippen molar-refractivity contribution in [2.24, 2.45) is 0 Å². The van der Waals surface area contributed by atoms with E-state index in [0.29, 0.717) is 39.5 Å². The van der Waals surface area contributed by atoms with Gasteiger partial charge in [-0.15, -0.1) is 0 Å². The predicted octanol–water partition coefficient (Wildman–Crippen LogP) is 0.714. The summed E-state index contributed by atoms with van der Waals surface area (Å²) >= 11 is 0. The number of unbranched alkanes of at least 4 members (excludes halogenated alkanes) is 3. The van der Waals surface area contributed by atoms with Gasteiger partial charge in [0.2, 0.25) is 0 Å². The van der Waals surface area contributed by atoms with Gasteiger partial charge in [0.25, 0.3) is 0 Å². The molecular formula is C18H42N2O4+2. The van der Waals surface area contributed by atoms with E-state index < -0.39 is 12.2 Å². The lowest BCUT2D eigenvalue weighted by Gasteiger charge is -2.26. The number of nitrogens with zero attached hydrogens (tertiary/aromatic N) is 2. The van der Waals surface area contributed by atoms with Gasteiger partial charge in [-0.25, -0.2) is 0 Å². The van der Waals surface area contributed by atoms with Crippen LogP contribution in [0.15, 0.2) is 0 Å². The summed E-state index contributed by atoms with van der Waals surface area (Å²) in [6, 6.07) is 0. The molecule has 146 valence electrons. The largest absolute Gasteiger partial charge is 0.385 e. The first-order chi connectivity index (χ1) is 11.0. The van der Waals surface area contributed by atoms with Crippen LogP contribution in [0.25, 0.3) is 0 Å². The lowest BCUT2D eigenvalue weighted by molar-refractivity contribution is -0.873. The molecule has 0 rings (SSSR count). The zero-order valence-electron chi connectivity index (χ0n) is 16.8. The molecule has 0 aliphatic carbocycles. The Hall–Kier alpha value is -0.240. The smallest absolute Gasteiger partial charge is 0.126 e. The second-order valence-electron chi connectivity index (χ2n) is 8.82. The van der Waals surface area contributed by atoms with E-state index >= 15 is 0 Å². The topological polar surface area (TPSA) is 58.9 Å². The molecule has 0 saturated carbocycles. The Labute approximate surface area is 149 Å². The summed E-state index contributed by atoms with van der Waals surface area (Å²) in [6.07, 6.45) is 3.46. The minimum absolute atomic E-state index is 0.392. The maximum atomic E-state index is 9.82. The zero-order chi connectivity index (χ0) is 18.6. The molecule has 0 amide bonds. The Morgan fingerprint density at radius 3 is 1.25 bits per heavy atom. The van der Waals surface area contributed by atoms with Gasteiger partial charge in [-0.05, 0) is 12.8 Å². The maximum absolute atomic E-state index is 9.82. The molecule has 0 aromatic rings. The SMILES string of the molecule is C[N+](C)(C)CC(O)COCCCCCCOCC(O)C[N+](C)(C)C. The number of hydrogen-bond donors (Lipinski definition) is 2. The van der Waals surface area contributed by atoms with Crippen LogP contribution in [0.4, 0.5) is 0 Å². The van der Waals surface area contributed by atoms with Crippen LogP contribution in [0, 0.1) is 0 Å². The Balaban J connectivity index is 3.34. The van der Waals surface area contributed by atoms with Gasteiger partial charge < -0.3 is 28.7 Å². The third kappa shape index (κ3) is 18.1. The highest BCUT2D eigenvalue weighted by atomic mass is 16.5. The fourth-order valence-electron chi connectivity index (χ4n) is 2.57. The Bertz CT molecular complexity index is 270. The molecule has 0 aliphatic rings. The van der Waals surface area contributed by atoms with Gasteiger partial charge in [-0.1, -0.05) is 12.8 Å². The summed E-state index contributed by atoms with van der Waals surface area (Å²) < 4.78 is 12.5. The molecule has 2 atom stereocenters. The Morgan fingerprint density at radius 2 is 0.958 bits per heavy atom. The monoisotopic (exact) mass is 350 g/mol. The van der Waals surface area contributed by atoms with E-state index in [1.54, 1.807) is 0 Å². The van der Waals surface area contributed by atoms with Crippen molar-refractivity contribution in [3.63, 3.8) is 0 Å². The quantitative estimate of drug-likeness (QED) is 0.337. The Morgan fingerprint density at radius 1 is 0.625 bits per heavy atom. The molecule has 0 heterocycles. The average molecular weight is 351 g/mol. The molecule has 2 N–H and O–H groups in total. The second-order valence-corrected chi connectivity index (χ2v) is 8.82. The normalized spacial score (nSPS) is 15.5. The van der Waals surface area contributed by atoms with Gasteiger partial charge >= 0.3 is 0 Å². The van der Waals surface area contributed by atoms with E-state index in [0.717, 1.165) is 34.6 Å². The molecule has 6 heteroatoms. The van der Waals surface area contributed by atoms with Crippen molar-refractivity contribution in [1.82, 2.24) is 0 Å². The minimum atomic E-state index is -0.392. The van der Waals surface area contributed by atoms with Crippen molar-refractivity contribution in [2.45, 2.75) is 37.9 Å². The molecular weight excluding hydrogens is 308 g/mol. The Kier molecular flexibility index (Phi) is 12.0. The highest BCUT2D eigenvalue weighted by molar-refractivity contribution is 4.53. The number of quaternary nitrogens is 2. The van der Waals surface area contributed by atoms with Crippen LogP contribution in [0.5, 0.6) is 0 Å². The molecule has 0 aromatic carbocycles. The van der Waals surface area contributed by atoms with Gasteiger partial charge in [0.05, 0.1) is 55.5 Å². The summed E-state index contributed by atoms with van der Waals surface area (Å²) in [7, 11) is 12.4. The molecule has 2 unspecified atom stereocenters. The van der Waals surface area contributed by atoms with Gasteiger partial charge in [0, 0.05) is 13.2 Å². The fourth-order valence-corrected chi connectivity index (χ4v) is 2.57. The van der Waals surface area contributed by atoms with Crippen LogP contribution in [-0.4, -0.2) is 113 Å². The van der Waals surface area contributed by atoms with Gasteiger partial charge in [-0.2, -0.15) is 0 Å². The molecule has 0 saturated heterocycles. The number of ether oxygens (including phenoxy) is 2. The van der Waals surface area contributed by atoms with Gasteiger partial charge in [0.1, 0.15) is 25.3 Å². The summed E-state index contributed by atoms with van der Waals surface area (Å²) in [6.45, 7) is 3.66. The molecule has 0 radical (unpaired) electrons. The van der Waals surface area contributed by atoms with Gasteiger partial charge in [-0.3, -0.25) is 0 Å². The van der Waals surface area contributed by atoms with Crippen molar-refractivity contribution in [2.75, 3.05) is 81.8 Å². The predicted molar refractivity (Wildman–Crippen MR) is 97.9 cm³/mol. The first-order valence-electron chi connectivity index (χ1n) is 9.12. The summed E-state index contributed by atoms with van der Waals surface area (Å²) in [5.74, 6) is 0. The molecule has 24 heavy (non-hydrogen) atoms. The molecule has 0 spiro atoms. The number of hydrogen-bond acceptors (Lipinski definition) is 4. The summed E-state index contributed by atoms with van der Waals surface area (Å²) in [4.78, 5) is 0. The standard InChI is InChI=1S/C18H42N2O4/c1-19(2,3)13-17(21)15-23-11-9-7-8-10-12-24-16-18(22)14-20(4,5)6/h17-18,21-22H,7-16H2,1-6H3/q+2. The first-order valence-corrected chi connectivity index (χ1v) is 9.12. The van der Waals surface area contributed by atoms with Crippen molar-refractivity contribution < 1.29 is 28.7 Å². The third-order valence-corrected chi connectivity index (χ3v) is 3.46. The third-order valence-electron chi connectivity index (χ3n) is 3.46. The van der Waals surface area contributed by atoms with E-state index in [-0.39, 0.29) is 0 Å². The van der Waals surface area contributed by atoms with Gasteiger partial charge in [0.15, 0.2) is 0 Å². The van der Waals surface area contributed by atoms with Crippen molar-refractivity contribution in [1.29, 1.82) is 0 Å². The minimum Gasteiger partial charge on any atom is -0.385 e. The highest BCUT2D eigenvalue weighted by Gasteiger charge is 2.16. The molecule has 0 fully saturated rings. The van der Waals surface area contributed by atoms with Crippen LogP contribution in [0.1, 0.15) is 25.7 Å². The first kappa shape index (κ1) is 23.8. The lowest BCUT2D eigenvalue weighted by atomic mass is 10.2. The van der Waals surface area contributed by atoms with E-state index in [2.05, 4.69) is 42.3 Å². The van der Waals surface area contributed by atoms with Crippen LogP contribution >= 0.6 is 0 Å². The summed E-state index contributed by atoms with van der Waals surface area (Å²) in [5, 5.41) is 19.6. The highest BCUT2D eigenvalue weighted by Crippen LogP contribution is 2.03. The summed E-state index contributed by atoms with van der Waals surface area (Å²) in [5.41, 5.74) is 0. The average Bonchev–Trinajstić information content (AvgIpc) is 2.36. The molecule has 0 aromatic heterocycles. The number of aliphatic hydroxyl groups excluding tert-OH is 2. The molecule has 0 bridgehead atoms. The van der Waals surface area contributed by atoms with E-state index in [1.807, 2.05) is 0 Å². The van der Waals surface area contributed by atoms with Crippen LogP contribution in [-0.2, 0) is 9.47 Å². The van der Waals surface area contributed by atoms with Crippen LogP contribution < -0.4 is 0 Å². The molecule has 6 nitrogen and oxygen atoms in total. The maximum Gasteiger partial charge on any atom is 0.126 e. The number of aliphatic hydroxyl groups is 2. The van der Waals surface area contributed by atoms with Crippen LogP contribution in [0.3, 0.4) is 0 Å². The second kappa shape index (κ2) is 12.2. The van der Waals surface area contributed by atoms with E-state index in [1.165, 1.54) is 0 Å². The fraction of sp³-hybridized carbons (Fsp3) is 1.00. The van der Waals surface area contributed by atoms with Crippen molar-refractivity contribution >= 4 is 0 Å². The number of rotatable bonds is 15. The van der Waals surface area contributed by atoms with E-state index in [9.17, 15) is 10.2 Å². The lowest BCUT2D eigenvalue weighted by Crippen LogP contribution is -2.43.